The zero-order chi connectivity index (χ0) is 11.7. The Bertz CT molecular complexity index is 554. The molecule has 0 aliphatic rings. The van der Waals surface area contributed by atoms with Gasteiger partial charge in [-0.3, -0.25) is 10.1 Å². The summed E-state index contributed by atoms with van der Waals surface area (Å²) in [7, 11) is 3.68. The van der Waals surface area contributed by atoms with Crippen LogP contribution in [0.2, 0.25) is 0 Å². The van der Waals surface area contributed by atoms with Crippen LogP contribution >= 0.6 is 0 Å². The third-order valence-electron chi connectivity index (χ3n) is 2.16. The van der Waals surface area contributed by atoms with Crippen molar-refractivity contribution in [3.05, 3.63) is 34.5 Å². The van der Waals surface area contributed by atoms with Gasteiger partial charge in [-0.05, 0) is 6.07 Å². The Morgan fingerprint density at radius 3 is 2.75 bits per heavy atom. The lowest BCUT2D eigenvalue weighted by molar-refractivity contribution is -0.384. The number of rotatable bonds is 2. The number of aromatic nitrogens is 2. The molecule has 0 aliphatic carbocycles. The summed E-state index contributed by atoms with van der Waals surface area (Å²) in [5.41, 5.74) is 0.748. The zero-order valence-electron chi connectivity index (χ0n) is 8.91. The predicted molar refractivity (Wildman–Crippen MR) is 60.5 cm³/mol. The molecule has 0 unspecified atom stereocenters. The second kappa shape index (κ2) is 3.73. The summed E-state index contributed by atoms with van der Waals surface area (Å²) < 4.78 is 0. The van der Waals surface area contributed by atoms with E-state index in [1.54, 1.807) is 17.2 Å². The highest BCUT2D eigenvalue weighted by Crippen LogP contribution is 2.19. The highest BCUT2D eigenvalue weighted by molar-refractivity contribution is 5.81. The number of nitro benzene ring substituents is 1. The molecule has 0 spiro atoms. The lowest BCUT2D eigenvalue weighted by Gasteiger charge is -2.09. The van der Waals surface area contributed by atoms with Crippen LogP contribution in [0.15, 0.2) is 24.4 Å². The second-order valence-corrected chi connectivity index (χ2v) is 3.56. The molecule has 2 rings (SSSR count). The summed E-state index contributed by atoms with van der Waals surface area (Å²) in [6.07, 6.45) is 1.59. The maximum atomic E-state index is 10.6. The molecule has 1 aromatic heterocycles. The molecule has 0 amide bonds. The fraction of sp³-hybridized carbons (Fsp3) is 0.200. The number of nitro groups is 1. The average molecular weight is 218 g/mol. The van der Waals surface area contributed by atoms with E-state index in [1.165, 1.54) is 12.1 Å². The van der Waals surface area contributed by atoms with Gasteiger partial charge in [0.1, 0.15) is 0 Å². The van der Waals surface area contributed by atoms with Gasteiger partial charge in [-0.2, -0.15) is 0 Å². The minimum absolute atomic E-state index is 0.0497. The van der Waals surface area contributed by atoms with Gasteiger partial charge in [-0.25, -0.2) is 9.97 Å². The van der Waals surface area contributed by atoms with Crippen LogP contribution in [0.3, 0.4) is 0 Å². The highest BCUT2D eigenvalue weighted by atomic mass is 16.6. The van der Waals surface area contributed by atoms with Crippen molar-refractivity contribution in [1.82, 2.24) is 9.97 Å². The Morgan fingerprint density at radius 1 is 1.38 bits per heavy atom. The second-order valence-electron chi connectivity index (χ2n) is 3.56. The molecule has 0 aliphatic heterocycles. The lowest BCUT2D eigenvalue weighted by Crippen LogP contribution is -2.12. The average Bonchev–Trinajstić information content (AvgIpc) is 2.27. The van der Waals surface area contributed by atoms with Crippen molar-refractivity contribution in [3.8, 4) is 0 Å². The van der Waals surface area contributed by atoms with E-state index in [4.69, 9.17) is 0 Å². The molecular weight excluding hydrogens is 208 g/mol. The standard InChI is InChI=1S/C10H10N4O2/c1-13(2)10-11-6-7-5-8(14(15)16)3-4-9(7)12-10/h3-6H,1-2H3. The van der Waals surface area contributed by atoms with Gasteiger partial charge < -0.3 is 4.90 Å². The third-order valence-corrected chi connectivity index (χ3v) is 2.16. The number of non-ortho nitro benzene ring substituents is 1. The molecule has 2 aromatic rings. The molecule has 1 aromatic carbocycles. The van der Waals surface area contributed by atoms with Gasteiger partial charge in [0.25, 0.3) is 5.69 Å². The monoisotopic (exact) mass is 218 g/mol. The van der Waals surface area contributed by atoms with Crippen LogP contribution in [-0.4, -0.2) is 29.0 Å². The molecule has 1 heterocycles. The smallest absolute Gasteiger partial charge is 0.270 e. The Morgan fingerprint density at radius 2 is 2.12 bits per heavy atom. The van der Waals surface area contributed by atoms with Crippen LogP contribution in [0.4, 0.5) is 11.6 Å². The number of hydrogen-bond acceptors (Lipinski definition) is 5. The summed E-state index contributed by atoms with van der Waals surface area (Å²) >= 11 is 0. The molecule has 0 bridgehead atoms. The fourth-order valence-electron chi connectivity index (χ4n) is 1.34. The maximum Gasteiger partial charge on any atom is 0.270 e. The fourth-order valence-corrected chi connectivity index (χ4v) is 1.34. The van der Waals surface area contributed by atoms with Crippen molar-refractivity contribution in [1.29, 1.82) is 0 Å². The summed E-state index contributed by atoms with van der Waals surface area (Å²) in [6.45, 7) is 0. The van der Waals surface area contributed by atoms with Crippen molar-refractivity contribution < 1.29 is 4.92 Å². The van der Waals surface area contributed by atoms with Crippen LogP contribution in [0.5, 0.6) is 0 Å². The number of hydrogen-bond donors (Lipinski definition) is 0. The quantitative estimate of drug-likeness (QED) is 0.565. The summed E-state index contributed by atoms with van der Waals surface area (Å²) in [6, 6.07) is 4.53. The van der Waals surface area contributed by atoms with Crippen LogP contribution in [0, 0.1) is 10.1 Å². The molecule has 82 valence electrons. The first kappa shape index (κ1) is 10.3. The van der Waals surface area contributed by atoms with E-state index in [9.17, 15) is 10.1 Å². The van der Waals surface area contributed by atoms with E-state index in [1.807, 2.05) is 14.1 Å². The molecule has 0 radical (unpaired) electrons. The van der Waals surface area contributed by atoms with E-state index in [0.717, 1.165) is 0 Å². The van der Waals surface area contributed by atoms with Gasteiger partial charge in [-0.15, -0.1) is 0 Å². The number of benzene rings is 1. The first-order chi connectivity index (χ1) is 7.58. The van der Waals surface area contributed by atoms with Crippen LogP contribution < -0.4 is 4.90 Å². The van der Waals surface area contributed by atoms with Gasteiger partial charge in [0, 0.05) is 37.8 Å². The minimum Gasteiger partial charge on any atom is -0.347 e. The summed E-state index contributed by atoms with van der Waals surface area (Å²) in [5.74, 6) is 0.585. The minimum atomic E-state index is -0.431. The van der Waals surface area contributed by atoms with Crippen molar-refractivity contribution in [2.45, 2.75) is 0 Å². The van der Waals surface area contributed by atoms with Gasteiger partial charge in [0.15, 0.2) is 0 Å². The zero-order valence-corrected chi connectivity index (χ0v) is 8.91. The van der Waals surface area contributed by atoms with Crippen LogP contribution in [0.1, 0.15) is 0 Å². The molecular formula is C10H10N4O2. The third kappa shape index (κ3) is 1.77. The van der Waals surface area contributed by atoms with Crippen molar-refractivity contribution in [2.75, 3.05) is 19.0 Å². The first-order valence-corrected chi connectivity index (χ1v) is 4.66. The van der Waals surface area contributed by atoms with Crippen molar-refractivity contribution in [2.24, 2.45) is 0 Å². The normalized spacial score (nSPS) is 10.4. The van der Waals surface area contributed by atoms with E-state index in [-0.39, 0.29) is 5.69 Å². The van der Waals surface area contributed by atoms with Gasteiger partial charge in [0.05, 0.1) is 10.4 Å². The lowest BCUT2D eigenvalue weighted by atomic mass is 10.2. The highest BCUT2D eigenvalue weighted by Gasteiger charge is 2.08. The van der Waals surface area contributed by atoms with Crippen molar-refractivity contribution in [3.63, 3.8) is 0 Å². The van der Waals surface area contributed by atoms with E-state index in [0.29, 0.717) is 16.9 Å². The molecule has 0 N–H and O–H groups in total. The van der Waals surface area contributed by atoms with E-state index in [2.05, 4.69) is 9.97 Å². The molecule has 16 heavy (non-hydrogen) atoms. The Kier molecular flexibility index (Phi) is 2.40. The maximum absolute atomic E-state index is 10.6. The molecule has 6 nitrogen and oxygen atoms in total. The summed E-state index contributed by atoms with van der Waals surface area (Å²) in [5, 5.41) is 11.2. The summed E-state index contributed by atoms with van der Waals surface area (Å²) in [4.78, 5) is 20.3. The topological polar surface area (TPSA) is 72.2 Å². The van der Waals surface area contributed by atoms with Gasteiger partial charge >= 0.3 is 0 Å². The Labute approximate surface area is 91.7 Å². The van der Waals surface area contributed by atoms with Crippen molar-refractivity contribution >= 4 is 22.5 Å². The predicted octanol–water partition coefficient (Wildman–Crippen LogP) is 1.60. The molecule has 0 saturated carbocycles. The largest absolute Gasteiger partial charge is 0.347 e. The SMILES string of the molecule is CN(C)c1ncc2cc([N+](=O)[O-])ccc2n1. The molecule has 0 atom stereocenters. The van der Waals surface area contributed by atoms with E-state index >= 15 is 0 Å². The number of anilines is 1. The molecule has 0 fully saturated rings. The van der Waals surface area contributed by atoms with Gasteiger partial charge in [0.2, 0.25) is 5.95 Å². The Hall–Kier alpha value is -2.24. The Balaban J connectivity index is 2.57. The van der Waals surface area contributed by atoms with Crippen LogP contribution in [0.25, 0.3) is 10.9 Å². The van der Waals surface area contributed by atoms with Gasteiger partial charge in [-0.1, -0.05) is 0 Å². The number of fused-ring (bicyclic) bond motifs is 1. The van der Waals surface area contributed by atoms with Crippen LogP contribution in [-0.2, 0) is 0 Å². The molecule has 0 saturated heterocycles. The van der Waals surface area contributed by atoms with E-state index < -0.39 is 4.92 Å². The number of nitrogens with zero attached hydrogens (tertiary/aromatic N) is 4. The molecule has 6 heteroatoms. The first-order valence-electron chi connectivity index (χ1n) is 4.66.